The summed E-state index contributed by atoms with van der Waals surface area (Å²) in [7, 11) is 0. The number of aromatic carboxylic acids is 1. The van der Waals surface area contributed by atoms with E-state index in [9.17, 15) is 14.3 Å². The Morgan fingerprint density at radius 3 is 2.31 bits per heavy atom. The summed E-state index contributed by atoms with van der Waals surface area (Å²) in [6.45, 7) is 0. The van der Waals surface area contributed by atoms with Crippen molar-refractivity contribution in [2.45, 2.75) is 0 Å². The van der Waals surface area contributed by atoms with Crippen molar-refractivity contribution < 1.29 is 14.3 Å². The van der Waals surface area contributed by atoms with Gasteiger partial charge < -0.3 is 5.11 Å². The average molecular weight is 368 g/mol. The lowest BCUT2D eigenvalue weighted by Gasteiger charge is -2.09. The molecule has 4 rings (SSSR count). The van der Waals surface area contributed by atoms with E-state index in [1.165, 1.54) is 22.7 Å². The Balaban J connectivity index is 1.98. The minimum atomic E-state index is -1.14. The lowest BCUT2D eigenvalue weighted by Crippen LogP contribution is -2.01. The summed E-state index contributed by atoms with van der Waals surface area (Å²) >= 11 is 5.96. The van der Waals surface area contributed by atoms with Crippen LogP contribution < -0.4 is 0 Å². The molecule has 128 valence electrons. The smallest absolute Gasteiger partial charge is 0.356 e. The fraction of sp³-hybridized carbons (Fsp3) is 0. The Labute approximate surface area is 152 Å². The van der Waals surface area contributed by atoms with E-state index < -0.39 is 5.97 Å². The Hall–Kier alpha value is -3.25. The quantitative estimate of drug-likeness (QED) is 0.576. The van der Waals surface area contributed by atoms with Gasteiger partial charge in [0.2, 0.25) is 0 Å². The molecule has 5 nitrogen and oxygen atoms in total. The Morgan fingerprint density at radius 2 is 1.65 bits per heavy atom. The number of nitrogens with zero attached hydrogens (tertiary/aromatic N) is 3. The highest BCUT2D eigenvalue weighted by molar-refractivity contribution is 6.30. The zero-order chi connectivity index (χ0) is 18.3. The molecule has 0 unspecified atom stereocenters. The van der Waals surface area contributed by atoms with E-state index in [0.717, 1.165) is 5.56 Å². The number of hydrogen-bond acceptors (Lipinski definition) is 3. The third kappa shape index (κ3) is 2.91. The van der Waals surface area contributed by atoms with Crippen molar-refractivity contribution in [1.82, 2.24) is 14.6 Å². The second-order valence-corrected chi connectivity index (χ2v) is 6.08. The zero-order valence-corrected chi connectivity index (χ0v) is 14.0. The summed E-state index contributed by atoms with van der Waals surface area (Å²) < 4.78 is 14.7. The van der Waals surface area contributed by atoms with Gasteiger partial charge in [0, 0.05) is 22.2 Å². The van der Waals surface area contributed by atoms with E-state index in [2.05, 4.69) is 10.1 Å². The number of benzene rings is 2. The highest BCUT2D eigenvalue weighted by atomic mass is 35.5. The van der Waals surface area contributed by atoms with Crippen LogP contribution in [0.3, 0.4) is 0 Å². The van der Waals surface area contributed by atoms with Gasteiger partial charge in [-0.2, -0.15) is 5.10 Å². The maximum atomic E-state index is 13.2. The lowest BCUT2D eigenvalue weighted by atomic mass is 10.1. The minimum absolute atomic E-state index is 0.107. The van der Waals surface area contributed by atoms with Crippen molar-refractivity contribution in [1.29, 1.82) is 0 Å². The monoisotopic (exact) mass is 367 g/mol. The summed E-state index contributed by atoms with van der Waals surface area (Å²) in [6, 6.07) is 16.2. The SMILES string of the molecule is O=C(O)c1cc2nc(-c3ccc(F)cc3)cc(-c3ccc(Cl)cc3)n2n1. The Bertz CT molecular complexity index is 1120. The van der Waals surface area contributed by atoms with Gasteiger partial charge in [-0.15, -0.1) is 0 Å². The van der Waals surface area contributed by atoms with Crippen molar-refractivity contribution in [2.75, 3.05) is 0 Å². The van der Waals surface area contributed by atoms with Gasteiger partial charge in [0.25, 0.3) is 0 Å². The second kappa shape index (κ2) is 6.24. The Kier molecular flexibility index (Phi) is 3.89. The number of carbonyl (C=O) groups is 1. The molecular formula is C19H11ClFN3O2. The van der Waals surface area contributed by atoms with E-state index >= 15 is 0 Å². The molecule has 0 saturated heterocycles. The van der Waals surface area contributed by atoms with Crippen LogP contribution in [-0.2, 0) is 0 Å². The van der Waals surface area contributed by atoms with Gasteiger partial charge in [0.1, 0.15) is 5.82 Å². The second-order valence-electron chi connectivity index (χ2n) is 5.65. The van der Waals surface area contributed by atoms with Crippen LogP contribution >= 0.6 is 11.6 Å². The lowest BCUT2D eigenvalue weighted by molar-refractivity contribution is 0.0690. The maximum absolute atomic E-state index is 13.2. The number of carboxylic acid groups (broad SMARTS) is 1. The first-order valence-corrected chi connectivity index (χ1v) is 8.05. The fourth-order valence-electron chi connectivity index (χ4n) is 2.67. The molecule has 0 spiro atoms. The van der Waals surface area contributed by atoms with Gasteiger partial charge in [0.05, 0.1) is 11.4 Å². The van der Waals surface area contributed by atoms with E-state index in [4.69, 9.17) is 11.6 Å². The molecule has 0 bridgehead atoms. The molecule has 2 aromatic carbocycles. The van der Waals surface area contributed by atoms with Crippen LogP contribution in [0.1, 0.15) is 10.5 Å². The van der Waals surface area contributed by atoms with Crippen LogP contribution in [0, 0.1) is 5.82 Å². The number of halogens is 2. The molecule has 26 heavy (non-hydrogen) atoms. The molecule has 0 saturated carbocycles. The number of carboxylic acids is 1. The predicted molar refractivity (Wildman–Crippen MR) is 95.8 cm³/mol. The molecule has 0 atom stereocenters. The van der Waals surface area contributed by atoms with Crippen molar-refractivity contribution in [3.8, 4) is 22.5 Å². The van der Waals surface area contributed by atoms with Crippen LogP contribution in [0.4, 0.5) is 4.39 Å². The maximum Gasteiger partial charge on any atom is 0.356 e. The van der Waals surface area contributed by atoms with Crippen LogP contribution in [0.25, 0.3) is 28.2 Å². The largest absolute Gasteiger partial charge is 0.476 e. The van der Waals surface area contributed by atoms with Crippen molar-refractivity contribution in [2.24, 2.45) is 0 Å². The number of rotatable bonds is 3. The highest BCUT2D eigenvalue weighted by Crippen LogP contribution is 2.27. The summed E-state index contributed by atoms with van der Waals surface area (Å²) in [5.74, 6) is -1.48. The molecule has 0 aliphatic rings. The van der Waals surface area contributed by atoms with Gasteiger partial charge in [-0.05, 0) is 42.5 Å². The fourth-order valence-corrected chi connectivity index (χ4v) is 2.80. The normalized spacial score (nSPS) is 11.0. The van der Waals surface area contributed by atoms with Gasteiger partial charge in [-0.1, -0.05) is 23.7 Å². The molecule has 0 aliphatic carbocycles. The average Bonchev–Trinajstić information content (AvgIpc) is 3.07. The van der Waals surface area contributed by atoms with Crippen molar-refractivity contribution in [3.05, 3.63) is 77.2 Å². The molecule has 0 aliphatic heterocycles. The van der Waals surface area contributed by atoms with Crippen molar-refractivity contribution >= 4 is 23.2 Å². The molecule has 2 aromatic heterocycles. The van der Waals surface area contributed by atoms with Gasteiger partial charge >= 0.3 is 5.97 Å². The van der Waals surface area contributed by atoms with E-state index in [1.807, 2.05) is 12.1 Å². The highest BCUT2D eigenvalue weighted by Gasteiger charge is 2.15. The molecule has 2 heterocycles. The van der Waals surface area contributed by atoms with Crippen LogP contribution in [0.5, 0.6) is 0 Å². The summed E-state index contributed by atoms with van der Waals surface area (Å²) in [5, 5.41) is 13.9. The first kappa shape index (κ1) is 16.2. The van der Waals surface area contributed by atoms with E-state index in [1.54, 1.807) is 30.3 Å². The number of hydrogen-bond donors (Lipinski definition) is 1. The van der Waals surface area contributed by atoms with E-state index in [-0.39, 0.29) is 11.5 Å². The standard InChI is InChI=1S/C19H11ClFN3O2/c20-13-5-1-12(2-6-13)17-9-15(11-3-7-14(21)8-4-11)22-18-10-16(19(25)26)23-24(17)18/h1-10H,(H,25,26). The molecule has 0 radical (unpaired) electrons. The van der Waals surface area contributed by atoms with Crippen molar-refractivity contribution in [3.63, 3.8) is 0 Å². The van der Waals surface area contributed by atoms with Gasteiger partial charge in [0.15, 0.2) is 11.3 Å². The first-order chi connectivity index (χ1) is 12.5. The molecule has 4 aromatic rings. The summed E-state index contributed by atoms with van der Waals surface area (Å²) in [6.07, 6.45) is 0. The summed E-state index contributed by atoms with van der Waals surface area (Å²) in [5.41, 5.74) is 3.02. The number of aromatic nitrogens is 3. The van der Waals surface area contributed by atoms with Crippen LogP contribution in [0.15, 0.2) is 60.7 Å². The zero-order valence-electron chi connectivity index (χ0n) is 13.2. The summed E-state index contributed by atoms with van der Waals surface area (Å²) in [4.78, 5) is 15.8. The topological polar surface area (TPSA) is 67.5 Å². The molecule has 7 heteroatoms. The number of fused-ring (bicyclic) bond motifs is 1. The predicted octanol–water partition coefficient (Wildman–Crippen LogP) is 4.55. The molecular weight excluding hydrogens is 357 g/mol. The molecule has 1 N–H and O–H groups in total. The first-order valence-electron chi connectivity index (χ1n) is 7.67. The van der Waals surface area contributed by atoms with Crippen LogP contribution in [-0.4, -0.2) is 25.7 Å². The third-order valence-corrected chi connectivity index (χ3v) is 4.18. The third-order valence-electron chi connectivity index (χ3n) is 3.93. The van der Waals surface area contributed by atoms with Gasteiger partial charge in [-0.3, -0.25) is 0 Å². The van der Waals surface area contributed by atoms with Crippen LogP contribution in [0.2, 0.25) is 5.02 Å². The van der Waals surface area contributed by atoms with Gasteiger partial charge in [-0.25, -0.2) is 18.7 Å². The molecule has 0 amide bonds. The van der Waals surface area contributed by atoms with E-state index in [0.29, 0.717) is 27.6 Å². The molecule has 0 fully saturated rings. The minimum Gasteiger partial charge on any atom is -0.476 e. The Morgan fingerprint density at radius 1 is 1.00 bits per heavy atom.